The van der Waals surface area contributed by atoms with E-state index in [0.29, 0.717) is 6.42 Å². The van der Waals surface area contributed by atoms with E-state index in [1.807, 2.05) is 6.07 Å². The first kappa shape index (κ1) is 22.0. The zero-order valence-electron chi connectivity index (χ0n) is 16.0. The highest BCUT2D eigenvalue weighted by atomic mass is 35.5. The van der Waals surface area contributed by atoms with E-state index in [0.717, 1.165) is 21.3 Å². The van der Waals surface area contributed by atoms with E-state index in [1.54, 1.807) is 19.9 Å². The molecule has 2 rings (SSSR count). The molecule has 0 aliphatic rings. The molecular formula is C19H18ClFN4O4. The van der Waals surface area contributed by atoms with Crippen molar-refractivity contribution in [3.05, 3.63) is 44.8 Å². The summed E-state index contributed by atoms with van der Waals surface area (Å²) >= 11 is 6.01. The molecule has 0 aliphatic heterocycles. The highest BCUT2D eigenvalue weighted by Crippen LogP contribution is 2.31. The molecule has 2 aromatic rings. The van der Waals surface area contributed by atoms with Crippen molar-refractivity contribution >= 4 is 17.6 Å². The van der Waals surface area contributed by atoms with Gasteiger partial charge in [0.2, 0.25) is 0 Å². The Morgan fingerprint density at radius 1 is 1.28 bits per heavy atom. The molecule has 0 amide bonds. The third-order valence-electron chi connectivity index (χ3n) is 3.96. The predicted molar refractivity (Wildman–Crippen MR) is 101 cm³/mol. The summed E-state index contributed by atoms with van der Waals surface area (Å²) in [4.78, 5) is 24.6. The minimum Gasteiger partial charge on any atom is -0.477 e. The molecule has 0 N–H and O–H groups in total. The van der Waals surface area contributed by atoms with Gasteiger partial charge in [0.25, 0.3) is 0 Å². The molecule has 0 radical (unpaired) electrons. The number of nitrogens with zero attached hydrogens (tertiary/aromatic N) is 4. The van der Waals surface area contributed by atoms with E-state index in [4.69, 9.17) is 21.1 Å². The maximum atomic E-state index is 14.7. The van der Waals surface area contributed by atoms with Gasteiger partial charge in [-0.15, -0.1) is 0 Å². The maximum Gasteiger partial charge on any atom is 0.347 e. The normalized spacial score (nSPS) is 11.4. The second-order valence-corrected chi connectivity index (χ2v) is 6.34. The van der Waals surface area contributed by atoms with Crippen LogP contribution in [0.5, 0.6) is 5.75 Å². The van der Waals surface area contributed by atoms with Crippen molar-refractivity contribution in [1.29, 1.82) is 10.5 Å². The van der Waals surface area contributed by atoms with Gasteiger partial charge in [0.1, 0.15) is 23.7 Å². The van der Waals surface area contributed by atoms with Crippen LogP contribution in [0.4, 0.5) is 4.39 Å². The number of carbonyl (C=O) groups is 1. The fourth-order valence-corrected chi connectivity index (χ4v) is 2.89. The molecule has 1 aromatic carbocycles. The van der Waals surface area contributed by atoms with E-state index in [2.05, 4.69) is 0 Å². The SMILES string of the molecule is CCCn1c(C#N)c(C#N)n(-c2cc(OC(C)C(=O)OCC)c(Cl)cc2F)c1=O. The van der Waals surface area contributed by atoms with Crippen molar-refractivity contribution in [1.82, 2.24) is 9.13 Å². The lowest BCUT2D eigenvalue weighted by Gasteiger charge is -2.16. The lowest BCUT2D eigenvalue weighted by Crippen LogP contribution is -2.27. The number of benzene rings is 1. The van der Waals surface area contributed by atoms with Crippen LogP contribution in [0.3, 0.4) is 0 Å². The van der Waals surface area contributed by atoms with Crippen LogP contribution < -0.4 is 10.4 Å². The van der Waals surface area contributed by atoms with Gasteiger partial charge >= 0.3 is 11.7 Å². The number of hydrogen-bond donors (Lipinski definition) is 0. The quantitative estimate of drug-likeness (QED) is 0.637. The van der Waals surface area contributed by atoms with Gasteiger partial charge in [-0.1, -0.05) is 18.5 Å². The molecule has 1 heterocycles. The van der Waals surface area contributed by atoms with Gasteiger partial charge in [-0.3, -0.25) is 4.57 Å². The molecule has 0 fully saturated rings. The molecule has 0 spiro atoms. The van der Waals surface area contributed by atoms with Gasteiger partial charge in [0, 0.05) is 12.6 Å². The van der Waals surface area contributed by atoms with Crippen LogP contribution in [0.2, 0.25) is 5.02 Å². The topological polar surface area (TPSA) is 110 Å². The first-order valence-corrected chi connectivity index (χ1v) is 9.16. The van der Waals surface area contributed by atoms with Gasteiger partial charge in [-0.25, -0.2) is 18.5 Å². The van der Waals surface area contributed by atoms with Crippen LogP contribution in [0.25, 0.3) is 5.69 Å². The summed E-state index contributed by atoms with van der Waals surface area (Å²) in [6, 6.07) is 5.60. The number of rotatable bonds is 7. The molecule has 10 heteroatoms. The first-order chi connectivity index (χ1) is 13.8. The zero-order chi connectivity index (χ0) is 21.7. The van der Waals surface area contributed by atoms with Crippen molar-refractivity contribution in [2.24, 2.45) is 0 Å². The third kappa shape index (κ3) is 4.25. The number of hydrogen-bond acceptors (Lipinski definition) is 6. The van der Waals surface area contributed by atoms with Crippen LogP contribution in [-0.2, 0) is 16.1 Å². The van der Waals surface area contributed by atoms with Crippen molar-refractivity contribution < 1.29 is 18.7 Å². The number of esters is 1. The van der Waals surface area contributed by atoms with Gasteiger partial charge in [0.05, 0.1) is 17.3 Å². The van der Waals surface area contributed by atoms with Crippen LogP contribution in [-0.4, -0.2) is 27.8 Å². The fourth-order valence-electron chi connectivity index (χ4n) is 2.69. The molecule has 1 atom stereocenters. The van der Waals surface area contributed by atoms with Crippen molar-refractivity contribution in [3.63, 3.8) is 0 Å². The number of halogens is 2. The average Bonchev–Trinajstić information content (AvgIpc) is 2.95. The van der Waals surface area contributed by atoms with E-state index in [1.165, 1.54) is 6.92 Å². The van der Waals surface area contributed by atoms with Crippen LogP contribution in [0, 0.1) is 28.5 Å². The highest BCUT2D eigenvalue weighted by Gasteiger charge is 2.25. The average molecular weight is 421 g/mol. The van der Waals surface area contributed by atoms with Crippen LogP contribution in [0.1, 0.15) is 38.6 Å². The first-order valence-electron chi connectivity index (χ1n) is 8.79. The molecule has 0 aliphatic carbocycles. The Balaban J connectivity index is 2.65. The smallest absolute Gasteiger partial charge is 0.347 e. The number of carbonyl (C=O) groups excluding carboxylic acids is 1. The summed E-state index contributed by atoms with van der Waals surface area (Å²) in [5, 5.41) is 18.7. The summed E-state index contributed by atoms with van der Waals surface area (Å²) in [7, 11) is 0. The highest BCUT2D eigenvalue weighted by molar-refractivity contribution is 6.32. The standard InChI is InChI=1S/C19H18ClFN4O4/c1-4-6-24-15(9-22)16(10-23)25(19(24)27)14-8-17(12(20)7-13(14)21)29-11(3)18(26)28-5-2/h7-8,11H,4-6H2,1-3H3. The minimum atomic E-state index is -1.04. The van der Waals surface area contributed by atoms with Crippen molar-refractivity contribution in [3.8, 4) is 23.6 Å². The Bertz CT molecular complexity index is 1080. The van der Waals surface area contributed by atoms with Gasteiger partial charge in [-0.05, 0) is 26.3 Å². The summed E-state index contributed by atoms with van der Waals surface area (Å²) in [6.45, 7) is 5.19. The Morgan fingerprint density at radius 3 is 2.48 bits per heavy atom. The minimum absolute atomic E-state index is 0.0823. The Hall–Kier alpha value is -3.30. The molecule has 0 bridgehead atoms. The van der Waals surface area contributed by atoms with Crippen LogP contribution in [0.15, 0.2) is 16.9 Å². The van der Waals surface area contributed by atoms with E-state index in [9.17, 15) is 24.5 Å². The van der Waals surface area contributed by atoms with Crippen LogP contribution >= 0.6 is 11.6 Å². The zero-order valence-corrected chi connectivity index (χ0v) is 16.8. The van der Waals surface area contributed by atoms with Gasteiger partial charge < -0.3 is 9.47 Å². The van der Waals surface area contributed by atoms with Gasteiger partial charge in [0.15, 0.2) is 17.5 Å². The van der Waals surface area contributed by atoms with Crippen molar-refractivity contribution in [2.75, 3.05) is 6.61 Å². The molecule has 29 heavy (non-hydrogen) atoms. The second kappa shape index (κ2) is 9.26. The lowest BCUT2D eigenvalue weighted by molar-refractivity contribution is -0.150. The molecule has 0 saturated carbocycles. The van der Waals surface area contributed by atoms with Gasteiger partial charge in [-0.2, -0.15) is 10.5 Å². The monoisotopic (exact) mass is 420 g/mol. The Morgan fingerprint density at radius 2 is 1.93 bits per heavy atom. The fraction of sp³-hybridized carbons (Fsp3) is 0.368. The largest absolute Gasteiger partial charge is 0.477 e. The molecular weight excluding hydrogens is 403 g/mol. The molecule has 0 saturated heterocycles. The Labute approximate surface area is 171 Å². The van der Waals surface area contributed by atoms with Crippen molar-refractivity contribution in [2.45, 2.75) is 39.8 Å². The maximum absolute atomic E-state index is 14.7. The third-order valence-corrected chi connectivity index (χ3v) is 4.26. The molecule has 1 unspecified atom stereocenters. The summed E-state index contributed by atoms with van der Waals surface area (Å²) < 4.78 is 26.9. The number of imidazole rings is 1. The van der Waals surface area contributed by atoms with E-state index >= 15 is 0 Å². The van der Waals surface area contributed by atoms with E-state index < -0.39 is 23.6 Å². The van der Waals surface area contributed by atoms with E-state index in [-0.39, 0.29) is 41.0 Å². The summed E-state index contributed by atoms with van der Waals surface area (Å²) in [5.41, 5.74) is -1.55. The Kier molecular flexibility index (Phi) is 7.03. The number of aromatic nitrogens is 2. The summed E-state index contributed by atoms with van der Waals surface area (Å²) in [6.07, 6.45) is -0.518. The lowest BCUT2D eigenvalue weighted by atomic mass is 10.2. The number of ether oxygens (including phenoxy) is 2. The second-order valence-electron chi connectivity index (χ2n) is 5.94. The predicted octanol–water partition coefficient (Wildman–Crippen LogP) is 2.92. The molecule has 1 aromatic heterocycles. The summed E-state index contributed by atoms with van der Waals surface area (Å²) in [5.74, 6) is -1.63. The molecule has 152 valence electrons. The number of nitriles is 2. The molecule has 8 nitrogen and oxygen atoms in total.